The first-order chi connectivity index (χ1) is 11.9. The summed E-state index contributed by atoms with van der Waals surface area (Å²) in [6.07, 6.45) is 16.8. The zero-order valence-electron chi connectivity index (χ0n) is 16.7. The molecule has 0 unspecified atom stereocenters. The van der Waals surface area contributed by atoms with Crippen LogP contribution in [0.4, 0.5) is 0 Å². The van der Waals surface area contributed by atoms with Crippen molar-refractivity contribution in [3.63, 3.8) is 0 Å². The Labute approximate surface area is 151 Å². The van der Waals surface area contributed by atoms with Crippen LogP contribution in [0.15, 0.2) is 0 Å². The number of hydrogen-bond donors (Lipinski definition) is 1. The summed E-state index contributed by atoms with van der Waals surface area (Å²) in [5.41, 5.74) is 0. The van der Waals surface area contributed by atoms with Gasteiger partial charge in [-0.15, -0.1) is 0 Å². The second-order valence-corrected chi connectivity index (χ2v) is 7.51. The van der Waals surface area contributed by atoms with Crippen LogP contribution in [0, 0.1) is 0 Å². The Bertz CT molecular complexity index is 240. The molecule has 1 aliphatic rings. The van der Waals surface area contributed by atoms with E-state index in [9.17, 15) is 0 Å². The van der Waals surface area contributed by atoms with E-state index in [2.05, 4.69) is 24.1 Å². The van der Waals surface area contributed by atoms with Gasteiger partial charge in [0, 0.05) is 32.2 Å². The summed E-state index contributed by atoms with van der Waals surface area (Å²) in [6.45, 7) is 11.0. The van der Waals surface area contributed by atoms with Gasteiger partial charge < -0.3 is 10.1 Å². The Morgan fingerprint density at radius 1 is 0.792 bits per heavy atom. The molecular weight excluding hydrogens is 296 g/mol. The maximum Gasteiger partial charge on any atom is 0.0594 e. The molecular formula is C21H44N2O. The van der Waals surface area contributed by atoms with Crippen molar-refractivity contribution in [3.05, 3.63) is 0 Å². The third-order valence-corrected chi connectivity index (χ3v) is 5.28. The van der Waals surface area contributed by atoms with Crippen LogP contribution < -0.4 is 5.32 Å². The summed E-state index contributed by atoms with van der Waals surface area (Å²) < 4.78 is 5.44. The molecule has 0 aromatic carbocycles. The van der Waals surface area contributed by atoms with Crippen molar-refractivity contribution >= 4 is 0 Å². The van der Waals surface area contributed by atoms with Crippen molar-refractivity contribution < 1.29 is 4.74 Å². The number of nitrogens with zero attached hydrogens (tertiary/aromatic N) is 1. The van der Waals surface area contributed by atoms with Crippen LogP contribution >= 0.6 is 0 Å². The second-order valence-electron chi connectivity index (χ2n) is 7.51. The van der Waals surface area contributed by atoms with E-state index in [0.717, 1.165) is 38.9 Å². The minimum Gasteiger partial charge on any atom is -0.379 e. The first kappa shape index (κ1) is 21.9. The average Bonchev–Trinajstić information content (AvgIpc) is 2.61. The number of rotatable bonds is 16. The molecule has 1 fully saturated rings. The molecule has 0 amide bonds. The van der Waals surface area contributed by atoms with E-state index in [1.165, 1.54) is 83.6 Å². The Hall–Kier alpha value is -0.120. The summed E-state index contributed by atoms with van der Waals surface area (Å²) in [7, 11) is 0. The second kappa shape index (κ2) is 16.4. The van der Waals surface area contributed by atoms with E-state index in [0.29, 0.717) is 0 Å². The predicted molar refractivity (Wildman–Crippen MR) is 106 cm³/mol. The number of nitrogens with one attached hydrogen (secondary N) is 1. The highest BCUT2D eigenvalue weighted by Crippen LogP contribution is 2.13. The molecule has 0 aromatic heterocycles. The third kappa shape index (κ3) is 12.3. The highest BCUT2D eigenvalue weighted by molar-refractivity contribution is 4.70. The molecule has 1 rings (SSSR count). The van der Waals surface area contributed by atoms with Crippen molar-refractivity contribution in [2.45, 2.75) is 96.9 Å². The lowest BCUT2D eigenvalue weighted by Gasteiger charge is -2.28. The fourth-order valence-corrected chi connectivity index (χ4v) is 3.59. The van der Waals surface area contributed by atoms with Crippen LogP contribution in [0.25, 0.3) is 0 Å². The van der Waals surface area contributed by atoms with E-state index in [1.54, 1.807) is 0 Å². The largest absolute Gasteiger partial charge is 0.379 e. The summed E-state index contributed by atoms with van der Waals surface area (Å²) in [5, 5.41) is 3.87. The fraction of sp³-hybridized carbons (Fsp3) is 1.00. The van der Waals surface area contributed by atoms with Gasteiger partial charge in [-0.3, -0.25) is 4.90 Å². The van der Waals surface area contributed by atoms with Crippen LogP contribution in [0.2, 0.25) is 0 Å². The van der Waals surface area contributed by atoms with Gasteiger partial charge in [0.15, 0.2) is 0 Å². The smallest absolute Gasteiger partial charge is 0.0594 e. The van der Waals surface area contributed by atoms with Crippen LogP contribution in [0.1, 0.15) is 90.9 Å². The van der Waals surface area contributed by atoms with Gasteiger partial charge >= 0.3 is 0 Å². The van der Waals surface area contributed by atoms with Gasteiger partial charge in [-0.25, -0.2) is 0 Å². The predicted octanol–water partition coefficient (Wildman–Crippen LogP) is 5.00. The lowest BCUT2D eigenvalue weighted by atomic mass is 10.0. The summed E-state index contributed by atoms with van der Waals surface area (Å²) in [4.78, 5) is 2.54. The molecule has 1 saturated heterocycles. The first-order valence-corrected chi connectivity index (χ1v) is 10.9. The Kier molecular flexibility index (Phi) is 14.9. The van der Waals surface area contributed by atoms with Crippen molar-refractivity contribution in [2.75, 3.05) is 39.4 Å². The van der Waals surface area contributed by atoms with Crippen molar-refractivity contribution in [1.29, 1.82) is 0 Å². The van der Waals surface area contributed by atoms with E-state index in [-0.39, 0.29) is 0 Å². The average molecular weight is 341 g/mol. The standard InChI is InChI=1S/C21H44N2O/c1-3-5-7-9-11-13-21(14-12-10-8-6-4-2)22-15-16-23-17-19-24-20-18-23/h21-22H,3-20H2,1-2H3. The van der Waals surface area contributed by atoms with E-state index in [1.807, 2.05) is 0 Å². The SMILES string of the molecule is CCCCCCCC(CCCCCCC)NCCN1CCOCC1. The number of morpholine rings is 1. The zero-order valence-corrected chi connectivity index (χ0v) is 16.7. The van der Waals surface area contributed by atoms with Crippen LogP contribution in [-0.2, 0) is 4.74 Å². The maximum absolute atomic E-state index is 5.44. The maximum atomic E-state index is 5.44. The molecule has 0 spiro atoms. The molecule has 3 nitrogen and oxygen atoms in total. The van der Waals surface area contributed by atoms with E-state index < -0.39 is 0 Å². The summed E-state index contributed by atoms with van der Waals surface area (Å²) in [6, 6.07) is 0.745. The molecule has 1 aliphatic heterocycles. The van der Waals surface area contributed by atoms with Crippen LogP contribution in [-0.4, -0.2) is 50.3 Å². The van der Waals surface area contributed by atoms with Gasteiger partial charge in [-0.05, 0) is 12.8 Å². The zero-order chi connectivity index (χ0) is 17.3. The van der Waals surface area contributed by atoms with Gasteiger partial charge in [-0.2, -0.15) is 0 Å². The molecule has 3 heteroatoms. The van der Waals surface area contributed by atoms with Gasteiger partial charge in [-0.1, -0.05) is 78.1 Å². The topological polar surface area (TPSA) is 24.5 Å². The molecule has 24 heavy (non-hydrogen) atoms. The van der Waals surface area contributed by atoms with Gasteiger partial charge in [0.25, 0.3) is 0 Å². The minimum absolute atomic E-state index is 0.745. The van der Waals surface area contributed by atoms with Gasteiger partial charge in [0.2, 0.25) is 0 Å². The number of hydrogen-bond acceptors (Lipinski definition) is 3. The van der Waals surface area contributed by atoms with Gasteiger partial charge in [0.1, 0.15) is 0 Å². The van der Waals surface area contributed by atoms with Gasteiger partial charge in [0.05, 0.1) is 13.2 Å². The quantitative estimate of drug-likeness (QED) is 0.400. The molecule has 0 aromatic rings. The van der Waals surface area contributed by atoms with Crippen molar-refractivity contribution in [3.8, 4) is 0 Å². The Morgan fingerprint density at radius 3 is 1.88 bits per heavy atom. The lowest BCUT2D eigenvalue weighted by molar-refractivity contribution is 0.0380. The van der Waals surface area contributed by atoms with Crippen molar-refractivity contribution in [2.24, 2.45) is 0 Å². The molecule has 1 heterocycles. The van der Waals surface area contributed by atoms with Crippen LogP contribution in [0.5, 0.6) is 0 Å². The summed E-state index contributed by atoms with van der Waals surface area (Å²) >= 11 is 0. The lowest BCUT2D eigenvalue weighted by Crippen LogP contribution is -2.42. The molecule has 0 aliphatic carbocycles. The summed E-state index contributed by atoms with van der Waals surface area (Å²) in [5.74, 6) is 0. The normalized spacial score (nSPS) is 16.1. The third-order valence-electron chi connectivity index (χ3n) is 5.28. The van der Waals surface area contributed by atoms with Crippen molar-refractivity contribution in [1.82, 2.24) is 10.2 Å². The molecule has 1 N–H and O–H groups in total. The number of unbranched alkanes of at least 4 members (excludes halogenated alkanes) is 8. The minimum atomic E-state index is 0.745. The Balaban J connectivity index is 2.14. The molecule has 0 bridgehead atoms. The fourth-order valence-electron chi connectivity index (χ4n) is 3.59. The Morgan fingerprint density at radius 2 is 1.33 bits per heavy atom. The van der Waals surface area contributed by atoms with E-state index in [4.69, 9.17) is 4.74 Å². The van der Waals surface area contributed by atoms with Crippen LogP contribution in [0.3, 0.4) is 0 Å². The molecule has 0 atom stereocenters. The number of ether oxygens (including phenoxy) is 1. The first-order valence-electron chi connectivity index (χ1n) is 10.9. The molecule has 0 radical (unpaired) electrons. The monoisotopic (exact) mass is 340 g/mol. The van der Waals surface area contributed by atoms with E-state index >= 15 is 0 Å². The highest BCUT2D eigenvalue weighted by atomic mass is 16.5. The molecule has 144 valence electrons. The molecule has 0 saturated carbocycles. The highest BCUT2D eigenvalue weighted by Gasteiger charge is 2.12.